The van der Waals surface area contributed by atoms with E-state index in [9.17, 15) is 28.8 Å². The Bertz CT molecular complexity index is 4060. The fraction of sp³-hybridized carbons (Fsp3) is 0.520. The van der Waals surface area contributed by atoms with Crippen molar-refractivity contribution in [1.82, 2.24) is 61.0 Å². The lowest BCUT2D eigenvalue weighted by Gasteiger charge is -2.36. The molecule has 4 aliphatic heterocycles. The molecule has 31 nitrogen and oxygen atoms in total. The lowest BCUT2D eigenvalue weighted by molar-refractivity contribution is -0.142. The summed E-state index contributed by atoms with van der Waals surface area (Å²) in [7, 11) is 1.91. The van der Waals surface area contributed by atoms with E-state index in [1.165, 1.54) is 0 Å². The number of likely N-dealkylation sites (N-methyl/N-ethyl adjacent to an activating group) is 1. The average molecular weight is 1460 g/mol. The molecular weight excluding hydrogens is 1360 g/mol. The molecule has 9 amide bonds. The fourth-order valence-corrected chi connectivity index (χ4v) is 13.4. The van der Waals surface area contributed by atoms with E-state index in [0.29, 0.717) is 106 Å². The smallest absolute Gasteiger partial charge is 0.319 e. The molecule has 106 heavy (non-hydrogen) atoms. The van der Waals surface area contributed by atoms with Crippen molar-refractivity contribution in [3.63, 3.8) is 0 Å². The third kappa shape index (κ3) is 18.2. The third-order valence-corrected chi connectivity index (χ3v) is 20.5. The lowest BCUT2D eigenvalue weighted by atomic mass is 9.98. The van der Waals surface area contributed by atoms with Crippen molar-refractivity contribution in [3.8, 4) is 34.2 Å². The normalized spacial score (nSPS) is 19.5. The zero-order chi connectivity index (χ0) is 73.8. The SMILES string of the molecule is CN(C(=O)C1(c2cc(N3CCOCC3)nc(-c3ccc(NC(=O)NCCO)cc3)n2)CC1)C1CC1.C[C@H]1COCCN1C(=O)C1(c2cc(N3CCOCC3)nc(-c3ccc(NC(=O)NCCO)cc3)n2)CC1.O=C(NCCO)Nc1ccc(-c2nc(N3CCOCC3)cc(C3(C(=O)NC4CC4)CC3)n2)cc1. The molecule has 7 heterocycles. The van der Waals surface area contributed by atoms with E-state index in [4.69, 9.17) is 64.2 Å². The molecule has 3 aromatic heterocycles. The maximum absolute atomic E-state index is 13.8. The number of benzene rings is 3. The van der Waals surface area contributed by atoms with Crippen LogP contribution in [-0.4, -0.2) is 254 Å². The molecule has 5 aliphatic carbocycles. The molecule has 3 aromatic carbocycles. The minimum absolute atomic E-state index is 0.0355. The van der Waals surface area contributed by atoms with Gasteiger partial charge in [0.25, 0.3) is 0 Å². The van der Waals surface area contributed by atoms with Gasteiger partial charge in [-0.3, -0.25) is 14.4 Å². The van der Waals surface area contributed by atoms with Crippen LogP contribution in [0.3, 0.4) is 0 Å². The number of carbonyl (C=O) groups excluding carboxylic acids is 6. The van der Waals surface area contributed by atoms with Crippen molar-refractivity contribution in [2.24, 2.45) is 0 Å². The number of hydrogen-bond acceptors (Lipinski definition) is 22. The van der Waals surface area contributed by atoms with Crippen molar-refractivity contribution in [3.05, 3.63) is 108 Å². The highest BCUT2D eigenvalue weighted by molar-refractivity contribution is 5.94. The first-order valence-corrected chi connectivity index (χ1v) is 37.0. The van der Waals surface area contributed by atoms with Gasteiger partial charge in [0.05, 0.1) is 112 Å². The minimum Gasteiger partial charge on any atom is -0.395 e. The Morgan fingerprint density at radius 1 is 0.462 bits per heavy atom. The number of urea groups is 3. The van der Waals surface area contributed by atoms with Crippen LogP contribution >= 0.6 is 0 Å². The molecule has 10 N–H and O–H groups in total. The van der Waals surface area contributed by atoms with Gasteiger partial charge in [0, 0.05) is 137 Å². The molecule has 1 atom stereocenters. The Hall–Kier alpha value is -9.76. The number of nitrogens with one attached hydrogen (secondary N) is 7. The molecular formula is C75H96N18O13. The Kier molecular flexibility index (Phi) is 23.7. The third-order valence-electron chi connectivity index (χ3n) is 20.5. The van der Waals surface area contributed by atoms with Gasteiger partial charge < -0.3 is 96.0 Å². The number of rotatable bonds is 23. The molecule has 564 valence electrons. The van der Waals surface area contributed by atoms with Crippen LogP contribution in [0.2, 0.25) is 0 Å². The van der Waals surface area contributed by atoms with E-state index >= 15 is 0 Å². The number of carbonyl (C=O) groups is 6. The van der Waals surface area contributed by atoms with Crippen molar-refractivity contribution < 1.29 is 63.0 Å². The number of aliphatic hydroxyl groups is 3. The van der Waals surface area contributed by atoms with Gasteiger partial charge in [-0.25, -0.2) is 44.3 Å². The monoisotopic (exact) mass is 1460 g/mol. The van der Waals surface area contributed by atoms with Gasteiger partial charge in [-0.15, -0.1) is 0 Å². The number of nitrogens with zero attached hydrogens (tertiary/aromatic N) is 11. The van der Waals surface area contributed by atoms with Crippen LogP contribution in [0, 0.1) is 0 Å². The number of aromatic nitrogens is 6. The van der Waals surface area contributed by atoms with Gasteiger partial charge in [0.1, 0.15) is 17.5 Å². The number of ether oxygens (including phenoxy) is 4. The van der Waals surface area contributed by atoms with E-state index in [-0.39, 0.29) is 81.3 Å². The zero-order valence-corrected chi connectivity index (χ0v) is 60.2. The molecule has 9 aliphatic rings. The van der Waals surface area contributed by atoms with E-state index < -0.39 is 16.2 Å². The molecule has 5 saturated carbocycles. The first kappa shape index (κ1) is 74.5. The van der Waals surface area contributed by atoms with Crippen LogP contribution < -0.4 is 51.9 Å². The predicted octanol–water partition coefficient (Wildman–Crippen LogP) is 4.52. The van der Waals surface area contributed by atoms with Crippen molar-refractivity contribution in [1.29, 1.82) is 0 Å². The maximum atomic E-state index is 13.8. The summed E-state index contributed by atoms with van der Waals surface area (Å²) in [6.45, 7) is 12.1. The molecule has 15 rings (SSSR count). The molecule has 0 unspecified atom stereocenters. The summed E-state index contributed by atoms with van der Waals surface area (Å²) in [5.41, 5.74) is 4.78. The Morgan fingerprint density at radius 2 is 0.811 bits per heavy atom. The highest BCUT2D eigenvalue weighted by Crippen LogP contribution is 2.53. The zero-order valence-electron chi connectivity index (χ0n) is 60.2. The van der Waals surface area contributed by atoms with Gasteiger partial charge in [-0.1, -0.05) is 0 Å². The molecule has 0 bridgehead atoms. The van der Waals surface area contributed by atoms with Crippen LogP contribution in [0.25, 0.3) is 34.2 Å². The minimum atomic E-state index is -0.628. The maximum Gasteiger partial charge on any atom is 0.319 e. The quantitative estimate of drug-likeness (QED) is 0.0421. The van der Waals surface area contributed by atoms with Crippen molar-refractivity contribution >= 4 is 70.3 Å². The fourth-order valence-electron chi connectivity index (χ4n) is 13.4. The number of anilines is 6. The first-order chi connectivity index (χ1) is 51.6. The van der Waals surface area contributed by atoms with Gasteiger partial charge in [0.2, 0.25) is 17.7 Å². The number of morpholine rings is 4. The second kappa shape index (κ2) is 33.8. The summed E-state index contributed by atoms with van der Waals surface area (Å²) in [6, 6.07) is 27.3. The van der Waals surface area contributed by atoms with Crippen molar-refractivity contribution in [2.75, 3.05) is 176 Å². The Morgan fingerprint density at radius 3 is 1.14 bits per heavy atom. The number of aliphatic hydroxyl groups excluding tert-OH is 3. The van der Waals surface area contributed by atoms with E-state index in [0.717, 1.165) is 155 Å². The van der Waals surface area contributed by atoms with Gasteiger partial charge in [0.15, 0.2) is 17.5 Å². The van der Waals surface area contributed by atoms with Gasteiger partial charge in [-0.2, -0.15) is 0 Å². The summed E-state index contributed by atoms with van der Waals surface area (Å²) in [4.78, 5) is 116. The molecule has 4 saturated heterocycles. The summed E-state index contributed by atoms with van der Waals surface area (Å²) >= 11 is 0. The van der Waals surface area contributed by atoms with Crippen LogP contribution in [0.4, 0.5) is 48.9 Å². The molecule has 6 aromatic rings. The molecule has 31 heteroatoms. The molecule has 0 spiro atoms. The summed E-state index contributed by atoms with van der Waals surface area (Å²) in [5, 5.41) is 45.6. The predicted molar refractivity (Wildman–Crippen MR) is 396 cm³/mol. The van der Waals surface area contributed by atoms with E-state index in [1.807, 2.05) is 78.4 Å². The second-order valence-corrected chi connectivity index (χ2v) is 28.2. The Labute approximate surface area is 615 Å². The summed E-state index contributed by atoms with van der Waals surface area (Å²) in [5.74, 6) is 4.43. The standard InChI is InChI=1S/C26H34N6O5.C25H32N6O4.C24H30N6O4/c1-18-17-37-15-11-32(18)24(34)26(6-7-26)21-16-22(31-9-13-36-14-10-31)30-23(29-21)19-2-4-20(5-3-19)28-25(35)27-8-12-33;1-30(19-6-7-19)23(33)25(8-9-25)20-16-21(31-11-14-35-15-12-31)29-22(28-20)17-2-4-18(5-3-17)27-24(34)26-10-13-32;31-12-9-25-23(33)27-18-3-1-16(2-4-18)21-28-19(15-20(29-21)30-10-13-34-14-11-30)24(7-8-24)22(32)26-17-5-6-17/h2-5,16,18,33H,6-15,17H2,1H3,(H2,27,28,35);2-5,16,19,32H,6-15H2,1H3,(H2,26,27,34);1-4,15,17,31H,5-14H2,(H,26,32)(H2,25,27,33)/t18-;;/m0../s1. The van der Waals surface area contributed by atoms with Crippen LogP contribution in [0.1, 0.15) is 88.2 Å². The van der Waals surface area contributed by atoms with Crippen LogP contribution in [0.15, 0.2) is 91.0 Å². The van der Waals surface area contributed by atoms with Crippen LogP contribution in [-0.2, 0) is 49.6 Å². The highest BCUT2D eigenvalue weighted by Gasteiger charge is 2.58. The van der Waals surface area contributed by atoms with Crippen LogP contribution in [0.5, 0.6) is 0 Å². The highest BCUT2D eigenvalue weighted by atomic mass is 16.5. The molecule has 9 fully saturated rings. The largest absolute Gasteiger partial charge is 0.395 e. The average Bonchev–Trinajstić information content (AvgIpc) is 1.55. The summed E-state index contributed by atoms with van der Waals surface area (Å²) < 4.78 is 22.1. The first-order valence-electron chi connectivity index (χ1n) is 37.0. The Balaban J connectivity index is 0.000000141. The summed E-state index contributed by atoms with van der Waals surface area (Å²) in [6.07, 6.45) is 8.95. The number of hydrogen-bond donors (Lipinski definition) is 10. The van der Waals surface area contributed by atoms with E-state index in [1.54, 1.807) is 36.4 Å². The number of amides is 9. The second-order valence-electron chi connectivity index (χ2n) is 28.2. The molecule has 0 radical (unpaired) electrons. The lowest BCUT2D eigenvalue weighted by Crippen LogP contribution is -2.51. The van der Waals surface area contributed by atoms with Gasteiger partial charge >= 0.3 is 18.1 Å². The van der Waals surface area contributed by atoms with Crippen molar-refractivity contribution in [2.45, 2.75) is 106 Å². The van der Waals surface area contributed by atoms with Gasteiger partial charge in [-0.05, 0) is 144 Å². The van der Waals surface area contributed by atoms with E-state index in [2.05, 4.69) is 51.9 Å². The topological polar surface area (TPSA) is 378 Å².